The molecular weight excluding hydrogens is 328 g/mol. The predicted octanol–water partition coefficient (Wildman–Crippen LogP) is 1.84. The minimum Gasteiger partial charge on any atom is -0.376 e. The number of rotatable bonds is 8. The van der Waals surface area contributed by atoms with Crippen molar-refractivity contribution in [2.24, 2.45) is 0 Å². The maximum absolute atomic E-state index is 12.1. The summed E-state index contributed by atoms with van der Waals surface area (Å²) in [5.41, 5.74) is 1.56. The summed E-state index contributed by atoms with van der Waals surface area (Å²) in [6, 6.07) is 7.35. The van der Waals surface area contributed by atoms with Gasteiger partial charge in [0, 0.05) is 26.1 Å². The van der Waals surface area contributed by atoms with Gasteiger partial charge in [0.1, 0.15) is 0 Å². The van der Waals surface area contributed by atoms with Gasteiger partial charge in [-0.2, -0.15) is 0 Å². The summed E-state index contributed by atoms with van der Waals surface area (Å²) >= 11 is 0. The van der Waals surface area contributed by atoms with Crippen LogP contribution in [0.5, 0.6) is 0 Å². The number of nitrogens with one attached hydrogen (secondary N) is 1. The van der Waals surface area contributed by atoms with Crippen molar-refractivity contribution in [3.8, 4) is 0 Å². The van der Waals surface area contributed by atoms with Crippen molar-refractivity contribution in [2.75, 3.05) is 30.3 Å². The molecule has 0 unspecified atom stereocenters. The summed E-state index contributed by atoms with van der Waals surface area (Å²) in [4.78, 5) is 11.9. The predicted molar refractivity (Wildman–Crippen MR) is 94.6 cm³/mol. The Labute approximate surface area is 144 Å². The Morgan fingerprint density at radius 3 is 2.75 bits per heavy atom. The van der Waals surface area contributed by atoms with Gasteiger partial charge in [0.25, 0.3) is 0 Å². The largest absolute Gasteiger partial charge is 0.376 e. The van der Waals surface area contributed by atoms with E-state index < -0.39 is 10.0 Å². The topological polar surface area (TPSA) is 75.7 Å². The van der Waals surface area contributed by atoms with Gasteiger partial charge < -0.3 is 10.1 Å². The highest BCUT2D eigenvalue weighted by molar-refractivity contribution is 7.92. The monoisotopic (exact) mass is 354 g/mol. The number of anilines is 1. The quantitative estimate of drug-likeness (QED) is 0.773. The molecule has 1 aliphatic rings. The van der Waals surface area contributed by atoms with E-state index in [2.05, 4.69) is 5.32 Å². The summed E-state index contributed by atoms with van der Waals surface area (Å²) in [6.45, 7) is 3.46. The molecule has 1 amide bonds. The third-order valence-electron chi connectivity index (χ3n) is 4.10. The van der Waals surface area contributed by atoms with Crippen LogP contribution in [-0.2, 0) is 19.6 Å². The van der Waals surface area contributed by atoms with E-state index in [1.54, 1.807) is 6.07 Å². The Hall–Kier alpha value is -1.60. The van der Waals surface area contributed by atoms with Crippen molar-refractivity contribution < 1.29 is 17.9 Å². The first-order valence-corrected chi connectivity index (χ1v) is 10.1. The van der Waals surface area contributed by atoms with Crippen molar-refractivity contribution in [3.05, 3.63) is 29.8 Å². The molecule has 0 spiro atoms. The first-order valence-electron chi connectivity index (χ1n) is 8.29. The maximum atomic E-state index is 12.1. The molecule has 1 atom stereocenters. The molecule has 1 saturated heterocycles. The van der Waals surface area contributed by atoms with E-state index in [1.807, 2.05) is 25.1 Å². The van der Waals surface area contributed by atoms with Crippen LogP contribution in [0.25, 0.3) is 0 Å². The number of sulfonamides is 1. The fourth-order valence-corrected chi connectivity index (χ4v) is 3.84. The average molecular weight is 354 g/mol. The van der Waals surface area contributed by atoms with E-state index in [4.69, 9.17) is 4.74 Å². The summed E-state index contributed by atoms with van der Waals surface area (Å²) in [5.74, 6) is -0.0660. The highest BCUT2D eigenvalue weighted by Gasteiger charge is 2.19. The first-order chi connectivity index (χ1) is 11.4. The van der Waals surface area contributed by atoms with Gasteiger partial charge in [0.2, 0.25) is 15.9 Å². The molecule has 1 N–H and O–H groups in total. The molecule has 0 radical (unpaired) electrons. The van der Waals surface area contributed by atoms with Gasteiger partial charge in [-0.1, -0.05) is 18.2 Å². The minimum atomic E-state index is -3.38. The van der Waals surface area contributed by atoms with E-state index >= 15 is 0 Å². The van der Waals surface area contributed by atoms with Crippen molar-refractivity contribution in [1.82, 2.24) is 5.32 Å². The number of amides is 1. The third kappa shape index (κ3) is 5.49. The highest BCUT2D eigenvalue weighted by Crippen LogP contribution is 2.22. The van der Waals surface area contributed by atoms with Gasteiger partial charge in [0.15, 0.2) is 0 Å². The number of carbonyl (C=O) groups is 1. The Bertz CT molecular complexity index is 654. The Morgan fingerprint density at radius 2 is 2.12 bits per heavy atom. The van der Waals surface area contributed by atoms with Crippen LogP contribution in [0, 0.1) is 6.92 Å². The van der Waals surface area contributed by atoms with Gasteiger partial charge in [-0.3, -0.25) is 9.10 Å². The van der Waals surface area contributed by atoms with Gasteiger partial charge >= 0.3 is 0 Å². The molecule has 7 heteroatoms. The lowest BCUT2D eigenvalue weighted by Gasteiger charge is -2.24. The van der Waals surface area contributed by atoms with Crippen LogP contribution in [0.2, 0.25) is 0 Å². The van der Waals surface area contributed by atoms with E-state index in [1.165, 1.54) is 10.6 Å². The molecule has 1 aliphatic heterocycles. The van der Waals surface area contributed by atoms with Crippen molar-refractivity contribution in [2.45, 2.75) is 38.7 Å². The zero-order valence-electron chi connectivity index (χ0n) is 14.3. The van der Waals surface area contributed by atoms with Crippen LogP contribution < -0.4 is 9.62 Å². The first kappa shape index (κ1) is 18.7. The number of hydrogen-bond acceptors (Lipinski definition) is 4. The molecule has 1 heterocycles. The Morgan fingerprint density at radius 1 is 1.38 bits per heavy atom. The molecule has 6 nitrogen and oxygen atoms in total. The van der Waals surface area contributed by atoms with E-state index in [9.17, 15) is 13.2 Å². The summed E-state index contributed by atoms with van der Waals surface area (Å²) in [5, 5.41) is 2.86. The average Bonchev–Trinajstić information content (AvgIpc) is 3.03. The van der Waals surface area contributed by atoms with Gasteiger partial charge in [-0.05, 0) is 37.8 Å². The molecule has 1 aromatic rings. The number of para-hydroxylation sites is 1. The van der Waals surface area contributed by atoms with Crippen LogP contribution >= 0.6 is 0 Å². The Balaban J connectivity index is 1.85. The fourth-order valence-electron chi connectivity index (χ4n) is 2.81. The zero-order valence-corrected chi connectivity index (χ0v) is 15.1. The van der Waals surface area contributed by atoms with Gasteiger partial charge in [-0.25, -0.2) is 8.42 Å². The van der Waals surface area contributed by atoms with E-state index in [-0.39, 0.29) is 18.6 Å². The second kappa shape index (κ2) is 8.48. The molecule has 0 aliphatic carbocycles. The molecule has 24 heavy (non-hydrogen) atoms. The van der Waals surface area contributed by atoms with Crippen LogP contribution in [-0.4, -0.2) is 46.4 Å². The normalized spacial score (nSPS) is 17.7. The Kier molecular flexibility index (Phi) is 6.62. The molecule has 134 valence electrons. The number of hydrogen-bond donors (Lipinski definition) is 1. The number of ether oxygens (including phenoxy) is 1. The maximum Gasteiger partial charge on any atom is 0.232 e. The third-order valence-corrected chi connectivity index (χ3v) is 5.28. The number of aryl methyl sites for hydroxylation is 1. The number of benzene rings is 1. The smallest absolute Gasteiger partial charge is 0.232 e. The summed E-state index contributed by atoms with van der Waals surface area (Å²) < 4.78 is 31.0. The summed E-state index contributed by atoms with van der Waals surface area (Å²) in [7, 11) is -3.38. The lowest BCUT2D eigenvalue weighted by atomic mass is 10.2. The van der Waals surface area contributed by atoms with Crippen LogP contribution in [0.4, 0.5) is 5.69 Å². The SMILES string of the molecule is Cc1ccccc1N(CCCC(=O)NC[C@H]1CCCO1)S(C)(=O)=O. The second-order valence-electron chi connectivity index (χ2n) is 6.16. The fraction of sp³-hybridized carbons (Fsp3) is 0.588. The lowest BCUT2D eigenvalue weighted by Crippen LogP contribution is -2.34. The molecule has 0 saturated carbocycles. The van der Waals surface area contributed by atoms with Crippen molar-refractivity contribution >= 4 is 21.6 Å². The number of carbonyl (C=O) groups excluding carboxylic acids is 1. The number of nitrogens with zero attached hydrogens (tertiary/aromatic N) is 1. The van der Waals surface area contributed by atoms with Crippen molar-refractivity contribution in [1.29, 1.82) is 0 Å². The van der Waals surface area contributed by atoms with Gasteiger partial charge in [0.05, 0.1) is 18.0 Å². The lowest BCUT2D eigenvalue weighted by molar-refractivity contribution is -0.121. The second-order valence-corrected chi connectivity index (χ2v) is 8.07. The zero-order chi connectivity index (χ0) is 17.6. The molecule has 2 rings (SSSR count). The molecule has 1 aromatic carbocycles. The molecule has 0 aromatic heterocycles. The highest BCUT2D eigenvalue weighted by atomic mass is 32.2. The van der Waals surface area contributed by atoms with Crippen molar-refractivity contribution in [3.63, 3.8) is 0 Å². The molecule has 1 fully saturated rings. The summed E-state index contributed by atoms with van der Waals surface area (Å²) in [6.07, 6.45) is 4.10. The molecular formula is C17H26N2O4S. The van der Waals surface area contributed by atoms with Crippen LogP contribution in [0.1, 0.15) is 31.2 Å². The van der Waals surface area contributed by atoms with Crippen LogP contribution in [0.3, 0.4) is 0 Å². The van der Waals surface area contributed by atoms with E-state index in [0.29, 0.717) is 25.1 Å². The van der Waals surface area contributed by atoms with Gasteiger partial charge in [-0.15, -0.1) is 0 Å². The van der Waals surface area contributed by atoms with Crippen LogP contribution in [0.15, 0.2) is 24.3 Å². The molecule has 0 bridgehead atoms. The van der Waals surface area contributed by atoms with E-state index in [0.717, 1.165) is 25.0 Å². The minimum absolute atomic E-state index is 0.0660. The standard InChI is InChI=1S/C17H26N2O4S/c1-14-7-3-4-9-16(14)19(24(2,21)22)11-5-10-17(20)18-13-15-8-6-12-23-15/h3-4,7,9,15H,5-6,8,10-13H2,1-2H3,(H,18,20)/t15-/m1/s1.